The first-order chi connectivity index (χ1) is 15.6. The van der Waals surface area contributed by atoms with E-state index in [2.05, 4.69) is 30.6 Å². The number of halogens is 1. The van der Waals surface area contributed by atoms with Gasteiger partial charge in [-0.1, -0.05) is 18.2 Å². The van der Waals surface area contributed by atoms with Gasteiger partial charge in [-0.2, -0.15) is 0 Å². The van der Waals surface area contributed by atoms with Crippen LogP contribution in [0.25, 0.3) is 11.2 Å². The lowest BCUT2D eigenvalue weighted by atomic mass is 9.86. The predicted octanol–water partition coefficient (Wildman–Crippen LogP) is 3.41. The molecule has 0 saturated heterocycles. The molecule has 9 heteroatoms. The number of nitrogens with one attached hydrogen (secondary N) is 2. The maximum absolute atomic E-state index is 13.4. The monoisotopic (exact) mass is 431 g/mol. The molecule has 1 fully saturated rings. The highest BCUT2D eigenvalue weighted by Gasteiger charge is 2.33. The van der Waals surface area contributed by atoms with Crippen molar-refractivity contribution in [2.75, 3.05) is 5.32 Å². The van der Waals surface area contributed by atoms with Crippen LogP contribution in [0.1, 0.15) is 40.6 Å². The quantitative estimate of drug-likeness (QED) is 0.486. The average Bonchev–Trinajstić information content (AvgIpc) is 3.18. The Hall–Kier alpha value is -3.88. The van der Waals surface area contributed by atoms with Crippen molar-refractivity contribution in [1.82, 2.24) is 29.8 Å². The van der Waals surface area contributed by atoms with E-state index in [-0.39, 0.29) is 23.8 Å². The Morgan fingerprint density at radius 2 is 2.00 bits per heavy atom. The van der Waals surface area contributed by atoms with Crippen LogP contribution in [-0.4, -0.2) is 36.5 Å². The molecule has 1 aromatic carbocycles. The van der Waals surface area contributed by atoms with Crippen molar-refractivity contribution < 1.29 is 9.18 Å². The number of aryl methyl sites for hydroxylation is 1. The van der Waals surface area contributed by atoms with E-state index < -0.39 is 0 Å². The summed E-state index contributed by atoms with van der Waals surface area (Å²) in [7, 11) is 0. The van der Waals surface area contributed by atoms with E-state index in [1.807, 2.05) is 29.7 Å². The first-order valence-electron chi connectivity index (χ1n) is 10.5. The van der Waals surface area contributed by atoms with Crippen LogP contribution in [0.2, 0.25) is 0 Å². The van der Waals surface area contributed by atoms with E-state index in [9.17, 15) is 9.18 Å². The highest BCUT2D eigenvalue weighted by molar-refractivity contribution is 5.92. The number of benzene rings is 1. The SMILES string of the molecule is Cc1cccc(C(=O)NC2CC(n3cnc4c(NCc5cccc(F)c5)ncnc43)C2)n1. The minimum Gasteiger partial charge on any atom is -0.364 e. The van der Waals surface area contributed by atoms with Crippen LogP contribution in [0, 0.1) is 12.7 Å². The summed E-state index contributed by atoms with van der Waals surface area (Å²) in [6.07, 6.45) is 4.84. The molecule has 8 nitrogen and oxygen atoms in total. The Morgan fingerprint density at radius 1 is 1.16 bits per heavy atom. The second-order valence-corrected chi connectivity index (χ2v) is 7.99. The van der Waals surface area contributed by atoms with Gasteiger partial charge in [0.1, 0.15) is 23.4 Å². The number of anilines is 1. The maximum atomic E-state index is 13.4. The maximum Gasteiger partial charge on any atom is 0.270 e. The minimum atomic E-state index is -0.272. The summed E-state index contributed by atoms with van der Waals surface area (Å²) in [6.45, 7) is 2.30. The minimum absolute atomic E-state index is 0.0830. The van der Waals surface area contributed by atoms with E-state index in [0.29, 0.717) is 23.6 Å². The molecular weight excluding hydrogens is 409 g/mol. The molecule has 0 radical (unpaired) electrons. The third-order valence-corrected chi connectivity index (χ3v) is 5.67. The van der Waals surface area contributed by atoms with E-state index >= 15 is 0 Å². The molecule has 0 atom stereocenters. The van der Waals surface area contributed by atoms with Gasteiger partial charge in [0.05, 0.1) is 6.33 Å². The fraction of sp³-hybridized carbons (Fsp3) is 0.261. The van der Waals surface area contributed by atoms with Crippen molar-refractivity contribution in [2.45, 2.75) is 38.4 Å². The van der Waals surface area contributed by atoms with Gasteiger partial charge in [0, 0.05) is 24.3 Å². The summed E-state index contributed by atoms with van der Waals surface area (Å²) >= 11 is 0. The molecule has 0 spiro atoms. The lowest BCUT2D eigenvalue weighted by Crippen LogP contribution is -2.45. The molecule has 3 aromatic heterocycles. The van der Waals surface area contributed by atoms with Crippen LogP contribution in [-0.2, 0) is 6.54 Å². The van der Waals surface area contributed by atoms with Gasteiger partial charge in [0.2, 0.25) is 0 Å². The van der Waals surface area contributed by atoms with Crippen molar-refractivity contribution in [3.05, 3.63) is 77.9 Å². The van der Waals surface area contributed by atoms with Gasteiger partial charge in [-0.15, -0.1) is 0 Å². The number of carbonyl (C=O) groups is 1. The molecule has 4 aromatic rings. The van der Waals surface area contributed by atoms with E-state index in [1.54, 1.807) is 18.5 Å². The summed E-state index contributed by atoms with van der Waals surface area (Å²) in [5.41, 5.74) is 3.47. The van der Waals surface area contributed by atoms with Gasteiger partial charge in [-0.05, 0) is 49.6 Å². The molecule has 0 unspecified atom stereocenters. The number of hydrogen-bond donors (Lipinski definition) is 2. The van der Waals surface area contributed by atoms with Crippen molar-refractivity contribution in [1.29, 1.82) is 0 Å². The molecular formula is C23H22FN7O. The number of hydrogen-bond acceptors (Lipinski definition) is 6. The van der Waals surface area contributed by atoms with Crippen LogP contribution in [0.5, 0.6) is 0 Å². The van der Waals surface area contributed by atoms with Crippen LogP contribution in [0.4, 0.5) is 10.2 Å². The van der Waals surface area contributed by atoms with Crippen molar-refractivity contribution in [2.24, 2.45) is 0 Å². The lowest BCUT2D eigenvalue weighted by molar-refractivity contribution is 0.0889. The summed E-state index contributed by atoms with van der Waals surface area (Å²) in [4.78, 5) is 29.9. The van der Waals surface area contributed by atoms with Gasteiger partial charge in [-0.3, -0.25) is 4.79 Å². The molecule has 0 bridgehead atoms. The topological polar surface area (TPSA) is 97.6 Å². The summed E-state index contributed by atoms with van der Waals surface area (Å²) in [6, 6.07) is 12.1. The molecule has 2 N–H and O–H groups in total. The predicted molar refractivity (Wildman–Crippen MR) is 118 cm³/mol. The zero-order chi connectivity index (χ0) is 22.1. The number of aromatic nitrogens is 5. The number of imidazole rings is 1. The second kappa shape index (κ2) is 8.33. The Balaban J connectivity index is 1.24. The van der Waals surface area contributed by atoms with Gasteiger partial charge in [-0.25, -0.2) is 24.3 Å². The average molecular weight is 431 g/mol. The Bertz CT molecular complexity index is 1280. The highest BCUT2D eigenvalue weighted by atomic mass is 19.1. The van der Waals surface area contributed by atoms with Crippen molar-refractivity contribution in [3.8, 4) is 0 Å². The highest BCUT2D eigenvalue weighted by Crippen LogP contribution is 2.35. The number of nitrogens with zero attached hydrogens (tertiary/aromatic N) is 5. The molecule has 1 saturated carbocycles. The number of amides is 1. The molecule has 5 rings (SSSR count). The number of fused-ring (bicyclic) bond motifs is 1. The van der Waals surface area contributed by atoms with E-state index in [0.717, 1.165) is 29.7 Å². The zero-order valence-corrected chi connectivity index (χ0v) is 17.5. The molecule has 1 aliphatic carbocycles. The molecule has 162 valence electrons. The largest absolute Gasteiger partial charge is 0.364 e. The van der Waals surface area contributed by atoms with Gasteiger partial charge < -0.3 is 15.2 Å². The Kier molecular flexibility index (Phi) is 5.22. The smallest absolute Gasteiger partial charge is 0.270 e. The molecule has 0 aliphatic heterocycles. The van der Waals surface area contributed by atoms with Crippen LogP contribution in [0.3, 0.4) is 0 Å². The number of carbonyl (C=O) groups excluding carboxylic acids is 1. The lowest BCUT2D eigenvalue weighted by Gasteiger charge is -2.36. The third-order valence-electron chi connectivity index (χ3n) is 5.67. The normalized spacial score (nSPS) is 17.7. The zero-order valence-electron chi connectivity index (χ0n) is 17.5. The van der Waals surface area contributed by atoms with Crippen molar-refractivity contribution >= 4 is 22.9 Å². The molecule has 32 heavy (non-hydrogen) atoms. The summed E-state index contributed by atoms with van der Waals surface area (Å²) in [5.74, 6) is 0.178. The second-order valence-electron chi connectivity index (χ2n) is 7.99. The van der Waals surface area contributed by atoms with Crippen molar-refractivity contribution in [3.63, 3.8) is 0 Å². The summed E-state index contributed by atoms with van der Waals surface area (Å²) in [5, 5.41) is 6.26. The van der Waals surface area contributed by atoms with E-state index in [4.69, 9.17) is 0 Å². The van der Waals surface area contributed by atoms with Gasteiger partial charge >= 0.3 is 0 Å². The van der Waals surface area contributed by atoms with Crippen LogP contribution in [0.15, 0.2) is 55.1 Å². The molecule has 1 amide bonds. The fourth-order valence-electron chi connectivity index (χ4n) is 3.94. The van der Waals surface area contributed by atoms with Gasteiger partial charge in [0.25, 0.3) is 5.91 Å². The first kappa shape index (κ1) is 20.0. The first-order valence-corrected chi connectivity index (χ1v) is 10.5. The Labute approximate surface area is 184 Å². The molecule has 1 aliphatic rings. The fourth-order valence-corrected chi connectivity index (χ4v) is 3.94. The molecule has 3 heterocycles. The number of rotatable bonds is 6. The Morgan fingerprint density at radius 3 is 2.81 bits per heavy atom. The van der Waals surface area contributed by atoms with E-state index in [1.165, 1.54) is 18.5 Å². The van der Waals surface area contributed by atoms with Gasteiger partial charge in [0.15, 0.2) is 11.5 Å². The summed E-state index contributed by atoms with van der Waals surface area (Å²) < 4.78 is 15.4. The third kappa shape index (κ3) is 4.01. The standard InChI is InChI=1S/C23H22FN7O/c1-14-4-2-7-19(29-14)23(32)30-17-9-18(10-17)31-13-28-20-21(26-12-27-22(20)31)25-11-15-5-3-6-16(24)8-15/h2-8,12-13,17-18H,9-11H2,1H3,(H,30,32)(H,25,26,27). The van der Waals surface area contributed by atoms with Crippen LogP contribution < -0.4 is 10.6 Å². The number of pyridine rings is 1. The van der Waals surface area contributed by atoms with Crippen LogP contribution >= 0.6 is 0 Å².